The second kappa shape index (κ2) is 5.62. The van der Waals surface area contributed by atoms with Crippen molar-refractivity contribution in [2.45, 2.75) is 19.4 Å². The lowest BCUT2D eigenvalue weighted by Gasteiger charge is -2.33. The SMILES string of the molecule is Cc1ccc(Br)cc1C(=O)N1CC(N)Cc2ccccc21. The minimum absolute atomic E-state index is 0.0106. The van der Waals surface area contributed by atoms with Gasteiger partial charge in [0.05, 0.1) is 0 Å². The number of rotatable bonds is 1. The molecule has 3 rings (SSSR count). The molecule has 1 unspecified atom stereocenters. The molecule has 1 amide bonds. The summed E-state index contributed by atoms with van der Waals surface area (Å²) in [6.45, 7) is 2.51. The highest BCUT2D eigenvalue weighted by Gasteiger charge is 2.27. The number of fused-ring (bicyclic) bond motifs is 1. The van der Waals surface area contributed by atoms with Crippen LogP contribution in [0.4, 0.5) is 5.69 Å². The molecule has 0 bridgehead atoms. The summed E-state index contributed by atoms with van der Waals surface area (Å²) >= 11 is 3.44. The van der Waals surface area contributed by atoms with E-state index < -0.39 is 0 Å². The minimum Gasteiger partial charge on any atom is -0.326 e. The van der Waals surface area contributed by atoms with Crippen LogP contribution in [0, 0.1) is 6.92 Å². The van der Waals surface area contributed by atoms with E-state index in [1.54, 1.807) is 4.90 Å². The molecule has 0 saturated heterocycles. The maximum Gasteiger partial charge on any atom is 0.258 e. The first kappa shape index (κ1) is 14.3. The molecule has 1 atom stereocenters. The van der Waals surface area contributed by atoms with Gasteiger partial charge in [-0.15, -0.1) is 0 Å². The van der Waals surface area contributed by atoms with Gasteiger partial charge in [-0.2, -0.15) is 0 Å². The normalized spacial score (nSPS) is 17.5. The van der Waals surface area contributed by atoms with Crippen molar-refractivity contribution in [2.24, 2.45) is 5.73 Å². The molecule has 1 aliphatic heterocycles. The molecule has 2 N–H and O–H groups in total. The molecular formula is C17H17BrN2O. The van der Waals surface area contributed by atoms with E-state index in [1.807, 2.05) is 49.4 Å². The lowest BCUT2D eigenvalue weighted by molar-refractivity contribution is 0.0983. The van der Waals surface area contributed by atoms with E-state index in [1.165, 1.54) is 0 Å². The summed E-state index contributed by atoms with van der Waals surface area (Å²) < 4.78 is 0.908. The second-order valence-corrected chi connectivity index (χ2v) is 6.38. The number of benzene rings is 2. The lowest BCUT2D eigenvalue weighted by atomic mass is 9.97. The van der Waals surface area contributed by atoms with Gasteiger partial charge < -0.3 is 10.6 Å². The Balaban J connectivity index is 2.04. The van der Waals surface area contributed by atoms with E-state index in [2.05, 4.69) is 15.9 Å². The predicted molar refractivity (Wildman–Crippen MR) is 88.7 cm³/mol. The Morgan fingerprint density at radius 1 is 1.29 bits per heavy atom. The Morgan fingerprint density at radius 2 is 2.05 bits per heavy atom. The van der Waals surface area contributed by atoms with E-state index in [0.717, 1.165) is 27.7 Å². The minimum atomic E-state index is -0.0173. The highest BCUT2D eigenvalue weighted by Crippen LogP contribution is 2.29. The predicted octanol–water partition coefficient (Wildman–Crippen LogP) is 3.29. The quantitative estimate of drug-likeness (QED) is 0.862. The Labute approximate surface area is 132 Å². The summed E-state index contributed by atoms with van der Waals surface area (Å²) in [4.78, 5) is 14.7. The van der Waals surface area contributed by atoms with Crippen LogP contribution in [-0.4, -0.2) is 18.5 Å². The third-order valence-corrected chi connectivity index (χ3v) is 4.35. The molecule has 21 heavy (non-hydrogen) atoms. The molecule has 0 spiro atoms. The van der Waals surface area contributed by atoms with Gasteiger partial charge in [0.2, 0.25) is 0 Å². The van der Waals surface area contributed by atoms with Crippen LogP contribution in [-0.2, 0) is 6.42 Å². The van der Waals surface area contributed by atoms with Crippen molar-refractivity contribution in [3.8, 4) is 0 Å². The van der Waals surface area contributed by atoms with Crippen molar-refractivity contribution in [3.63, 3.8) is 0 Å². The standard InChI is InChI=1S/C17H17BrN2O/c1-11-6-7-13(18)9-15(11)17(21)20-10-14(19)8-12-4-2-3-5-16(12)20/h2-7,9,14H,8,10,19H2,1H3. The number of anilines is 1. The maximum absolute atomic E-state index is 12.9. The molecule has 0 aromatic heterocycles. The average Bonchev–Trinajstić information content (AvgIpc) is 2.48. The van der Waals surface area contributed by atoms with Gasteiger partial charge >= 0.3 is 0 Å². The summed E-state index contributed by atoms with van der Waals surface area (Å²) in [7, 11) is 0. The van der Waals surface area contributed by atoms with Gasteiger partial charge in [0.1, 0.15) is 0 Å². The van der Waals surface area contributed by atoms with E-state index in [9.17, 15) is 4.79 Å². The number of carbonyl (C=O) groups excluding carboxylic acids is 1. The molecule has 2 aromatic carbocycles. The number of halogens is 1. The molecule has 0 saturated carbocycles. The summed E-state index contributed by atoms with van der Waals surface area (Å²) in [5.74, 6) is 0.0106. The van der Waals surface area contributed by atoms with Crippen LogP contribution in [0.1, 0.15) is 21.5 Å². The van der Waals surface area contributed by atoms with Gasteiger partial charge in [0.15, 0.2) is 0 Å². The van der Waals surface area contributed by atoms with Crippen molar-refractivity contribution in [1.29, 1.82) is 0 Å². The van der Waals surface area contributed by atoms with E-state index in [-0.39, 0.29) is 11.9 Å². The monoisotopic (exact) mass is 344 g/mol. The fourth-order valence-electron chi connectivity index (χ4n) is 2.79. The van der Waals surface area contributed by atoms with Gasteiger partial charge in [-0.3, -0.25) is 4.79 Å². The van der Waals surface area contributed by atoms with Gasteiger partial charge in [-0.05, 0) is 42.7 Å². The number of hydrogen-bond donors (Lipinski definition) is 1. The van der Waals surface area contributed by atoms with Crippen molar-refractivity contribution < 1.29 is 4.79 Å². The first-order chi connectivity index (χ1) is 10.1. The third kappa shape index (κ3) is 2.74. The number of amides is 1. The van der Waals surface area contributed by atoms with Gasteiger partial charge in [-0.25, -0.2) is 0 Å². The molecule has 108 valence electrons. The van der Waals surface area contributed by atoms with Crippen LogP contribution in [0.5, 0.6) is 0 Å². The van der Waals surface area contributed by atoms with Gasteiger partial charge in [-0.1, -0.05) is 40.2 Å². The van der Waals surface area contributed by atoms with Crippen molar-refractivity contribution in [2.75, 3.05) is 11.4 Å². The molecule has 0 radical (unpaired) electrons. The van der Waals surface area contributed by atoms with E-state index >= 15 is 0 Å². The fraction of sp³-hybridized carbons (Fsp3) is 0.235. The van der Waals surface area contributed by atoms with Crippen LogP contribution >= 0.6 is 15.9 Å². The molecule has 3 nitrogen and oxygen atoms in total. The van der Waals surface area contributed by atoms with E-state index in [4.69, 9.17) is 5.73 Å². The Kier molecular flexibility index (Phi) is 3.83. The Bertz CT molecular complexity index is 699. The lowest BCUT2D eigenvalue weighted by Crippen LogP contribution is -2.46. The maximum atomic E-state index is 12.9. The second-order valence-electron chi connectivity index (χ2n) is 5.47. The molecule has 0 fully saturated rings. The topological polar surface area (TPSA) is 46.3 Å². The number of nitrogens with two attached hydrogens (primary N) is 1. The Hall–Kier alpha value is -1.65. The van der Waals surface area contributed by atoms with Crippen LogP contribution in [0.25, 0.3) is 0 Å². The zero-order chi connectivity index (χ0) is 15.0. The van der Waals surface area contributed by atoms with Crippen LogP contribution in [0.2, 0.25) is 0 Å². The van der Waals surface area contributed by atoms with Crippen LogP contribution < -0.4 is 10.6 Å². The largest absolute Gasteiger partial charge is 0.326 e. The summed E-state index contributed by atoms with van der Waals surface area (Å²) in [5.41, 5.74) is 9.92. The van der Waals surface area contributed by atoms with Crippen molar-refractivity contribution in [1.82, 2.24) is 0 Å². The zero-order valence-corrected chi connectivity index (χ0v) is 13.4. The highest BCUT2D eigenvalue weighted by molar-refractivity contribution is 9.10. The zero-order valence-electron chi connectivity index (χ0n) is 11.8. The summed E-state index contributed by atoms with van der Waals surface area (Å²) in [6.07, 6.45) is 0.817. The van der Waals surface area contributed by atoms with Gasteiger partial charge in [0.25, 0.3) is 5.91 Å². The van der Waals surface area contributed by atoms with Crippen LogP contribution in [0.3, 0.4) is 0 Å². The van der Waals surface area contributed by atoms with Crippen molar-refractivity contribution in [3.05, 3.63) is 63.6 Å². The summed E-state index contributed by atoms with van der Waals surface area (Å²) in [6, 6.07) is 13.7. The average molecular weight is 345 g/mol. The number of nitrogens with zero attached hydrogens (tertiary/aromatic N) is 1. The Morgan fingerprint density at radius 3 is 2.86 bits per heavy atom. The molecule has 0 aliphatic carbocycles. The first-order valence-corrected chi connectivity index (χ1v) is 7.77. The number of para-hydroxylation sites is 1. The number of hydrogen-bond acceptors (Lipinski definition) is 2. The molecule has 1 heterocycles. The molecule has 2 aromatic rings. The smallest absolute Gasteiger partial charge is 0.258 e. The van der Waals surface area contributed by atoms with Crippen LogP contribution in [0.15, 0.2) is 46.9 Å². The molecular weight excluding hydrogens is 328 g/mol. The number of aryl methyl sites for hydroxylation is 1. The number of carbonyl (C=O) groups is 1. The molecule has 1 aliphatic rings. The first-order valence-electron chi connectivity index (χ1n) is 6.98. The molecule has 4 heteroatoms. The van der Waals surface area contributed by atoms with E-state index in [0.29, 0.717) is 12.1 Å². The summed E-state index contributed by atoms with van der Waals surface area (Å²) in [5, 5.41) is 0. The third-order valence-electron chi connectivity index (χ3n) is 3.86. The highest BCUT2D eigenvalue weighted by atomic mass is 79.9. The van der Waals surface area contributed by atoms with Crippen molar-refractivity contribution >= 4 is 27.5 Å². The fourth-order valence-corrected chi connectivity index (χ4v) is 3.15. The van der Waals surface area contributed by atoms with Gasteiger partial charge in [0, 0.05) is 28.3 Å².